The van der Waals surface area contributed by atoms with Gasteiger partial charge in [0.2, 0.25) is 0 Å². The van der Waals surface area contributed by atoms with Crippen molar-refractivity contribution >= 4 is 22.0 Å². The Bertz CT molecular complexity index is 1330. The third-order valence-corrected chi connectivity index (χ3v) is 6.03. The average Bonchev–Trinajstić information content (AvgIpc) is 2.89. The molecule has 1 aliphatic rings. The third kappa shape index (κ3) is 4.91. The maximum absolute atomic E-state index is 5.25. The molecule has 1 N–H and O–H groups in total. The zero-order valence-electron chi connectivity index (χ0n) is 18.7. The Hall–Kier alpha value is -4.04. The van der Waals surface area contributed by atoms with Gasteiger partial charge in [0.15, 0.2) is 0 Å². The van der Waals surface area contributed by atoms with Gasteiger partial charge < -0.3 is 10.1 Å². The van der Waals surface area contributed by atoms with Gasteiger partial charge in [-0.25, -0.2) is 0 Å². The summed E-state index contributed by atoms with van der Waals surface area (Å²) in [6.07, 6.45) is 10.0. The van der Waals surface area contributed by atoms with Crippen molar-refractivity contribution in [1.29, 1.82) is 0 Å². The van der Waals surface area contributed by atoms with Crippen LogP contribution in [0.15, 0.2) is 127 Å². The molecule has 0 spiro atoms. The van der Waals surface area contributed by atoms with Crippen molar-refractivity contribution < 1.29 is 4.74 Å². The number of fused-ring (bicyclic) bond motifs is 1. The summed E-state index contributed by atoms with van der Waals surface area (Å²) in [6, 6.07) is 34.2. The summed E-state index contributed by atoms with van der Waals surface area (Å²) in [5.74, 6) is 0.870. The van der Waals surface area contributed by atoms with Crippen molar-refractivity contribution in [2.24, 2.45) is 0 Å². The van der Waals surface area contributed by atoms with E-state index in [0.717, 1.165) is 17.9 Å². The van der Waals surface area contributed by atoms with Gasteiger partial charge in [0, 0.05) is 11.7 Å². The second kappa shape index (κ2) is 9.62. The number of methoxy groups -OCH3 is 1. The quantitative estimate of drug-likeness (QED) is 0.340. The fraction of sp³-hybridized carbons (Fsp3) is 0.0968. The van der Waals surface area contributed by atoms with E-state index >= 15 is 0 Å². The van der Waals surface area contributed by atoms with Crippen LogP contribution in [0.4, 0.5) is 5.69 Å². The predicted octanol–water partition coefficient (Wildman–Crippen LogP) is 7.65. The Kier molecular flexibility index (Phi) is 6.08. The van der Waals surface area contributed by atoms with E-state index in [1.165, 1.54) is 33.0 Å². The van der Waals surface area contributed by atoms with Crippen LogP contribution in [-0.4, -0.2) is 13.2 Å². The molecule has 0 aromatic heterocycles. The van der Waals surface area contributed by atoms with Gasteiger partial charge in [-0.3, -0.25) is 0 Å². The number of hydrogen-bond donors (Lipinski definition) is 1. The lowest BCUT2D eigenvalue weighted by molar-refractivity contribution is 0.415. The molecule has 0 saturated heterocycles. The lowest BCUT2D eigenvalue weighted by Crippen LogP contribution is -2.17. The van der Waals surface area contributed by atoms with Crippen molar-refractivity contribution in [1.82, 2.24) is 0 Å². The van der Waals surface area contributed by atoms with Gasteiger partial charge in [-0.1, -0.05) is 85.0 Å². The van der Waals surface area contributed by atoms with E-state index in [0.29, 0.717) is 0 Å². The first-order valence-corrected chi connectivity index (χ1v) is 11.3. The number of nitrogens with one attached hydrogen (secondary N) is 1. The highest BCUT2D eigenvalue weighted by atomic mass is 16.5. The first kappa shape index (κ1) is 20.8. The molecule has 2 heteroatoms. The third-order valence-electron chi connectivity index (χ3n) is 6.03. The van der Waals surface area contributed by atoms with E-state index in [2.05, 4.69) is 115 Å². The van der Waals surface area contributed by atoms with Gasteiger partial charge >= 0.3 is 0 Å². The highest BCUT2D eigenvalue weighted by Gasteiger charge is 2.11. The SMILES string of the molecule is COc1ccc(NC2C=CC(C=C(c3ccccc3)c3ccc4ccccc4c3)=CC2)cc1. The first-order valence-electron chi connectivity index (χ1n) is 11.3. The molecule has 5 rings (SSSR count). The summed E-state index contributed by atoms with van der Waals surface area (Å²) >= 11 is 0. The Morgan fingerprint density at radius 1 is 0.818 bits per heavy atom. The largest absolute Gasteiger partial charge is 0.497 e. The lowest BCUT2D eigenvalue weighted by atomic mass is 9.92. The number of allylic oxidation sites excluding steroid dienone is 3. The molecule has 0 radical (unpaired) electrons. The van der Waals surface area contributed by atoms with Crippen LogP contribution in [0, 0.1) is 0 Å². The molecule has 4 aromatic carbocycles. The number of anilines is 1. The van der Waals surface area contributed by atoms with Crippen molar-refractivity contribution in [2.75, 3.05) is 12.4 Å². The molecule has 0 saturated carbocycles. The normalized spacial score (nSPS) is 15.8. The first-order chi connectivity index (χ1) is 16.3. The maximum Gasteiger partial charge on any atom is 0.119 e. The molecule has 4 aromatic rings. The van der Waals surface area contributed by atoms with Crippen LogP contribution in [0.1, 0.15) is 17.5 Å². The Labute approximate surface area is 195 Å². The van der Waals surface area contributed by atoms with Gasteiger partial charge in [-0.05, 0) is 75.9 Å². The van der Waals surface area contributed by atoms with E-state index in [1.807, 2.05) is 12.1 Å². The van der Waals surface area contributed by atoms with Crippen LogP contribution in [0.5, 0.6) is 5.75 Å². The molecule has 0 fully saturated rings. The summed E-state index contributed by atoms with van der Waals surface area (Å²) in [5.41, 5.74) is 6.01. The fourth-order valence-corrected chi connectivity index (χ4v) is 4.23. The van der Waals surface area contributed by atoms with Gasteiger partial charge in [-0.15, -0.1) is 0 Å². The maximum atomic E-state index is 5.25. The summed E-state index contributed by atoms with van der Waals surface area (Å²) in [6.45, 7) is 0. The Morgan fingerprint density at radius 2 is 1.58 bits per heavy atom. The molecule has 162 valence electrons. The van der Waals surface area contributed by atoms with Crippen LogP contribution in [0.3, 0.4) is 0 Å². The van der Waals surface area contributed by atoms with Crippen LogP contribution in [0.2, 0.25) is 0 Å². The molecule has 1 unspecified atom stereocenters. The van der Waals surface area contributed by atoms with Crippen LogP contribution in [0.25, 0.3) is 16.3 Å². The molecule has 0 bridgehead atoms. The molecule has 0 heterocycles. The molecule has 0 amide bonds. The number of hydrogen-bond acceptors (Lipinski definition) is 2. The van der Waals surface area contributed by atoms with Crippen LogP contribution >= 0.6 is 0 Å². The molecule has 1 atom stereocenters. The molecular formula is C31H27NO. The van der Waals surface area contributed by atoms with Crippen LogP contribution < -0.4 is 10.1 Å². The highest BCUT2D eigenvalue weighted by molar-refractivity contribution is 5.90. The van der Waals surface area contributed by atoms with Gasteiger partial charge in [-0.2, -0.15) is 0 Å². The zero-order valence-corrected chi connectivity index (χ0v) is 18.7. The van der Waals surface area contributed by atoms with Gasteiger partial charge in [0.25, 0.3) is 0 Å². The van der Waals surface area contributed by atoms with Crippen molar-refractivity contribution in [3.63, 3.8) is 0 Å². The van der Waals surface area contributed by atoms with E-state index in [1.54, 1.807) is 7.11 Å². The fourth-order valence-electron chi connectivity index (χ4n) is 4.23. The van der Waals surface area contributed by atoms with E-state index in [9.17, 15) is 0 Å². The second-order valence-corrected chi connectivity index (χ2v) is 8.26. The minimum atomic E-state index is 0.274. The zero-order chi connectivity index (χ0) is 22.5. The van der Waals surface area contributed by atoms with E-state index < -0.39 is 0 Å². The predicted molar refractivity (Wildman–Crippen MR) is 140 cm³/mol. The van der Waals surface area contributed by atoms with Gasteiger partial charge in [0.05, 0.1) is 7.11 Å². The monoisotopic (exact) mass is 429 g/mol. The number of benzene rings is 4. The smallest absolute Gasteiger partial charge is 0.119 e. The van der Waals surface area contributed by atoms with E-state index in [4.69, 9.17) is 4.74 Å². The minimum Gasteiger partial charge on any atom is -0.497 e. The lowest BCUT2D eigenvalue weighted by Gasteiger charge is -2.19. The topological polar surface area (TPSA) is 21.3 Å². The summed E-state index contributed by atoms with van der Waals surface area (Å²) in [7, 11) is 1.69. The number of ether oxygens (including phenoxy) is 1. The summed E-state index contributed by atoms with van der Waals surface area (Å²) in [4.78, 5) is 0. The van der Waals surface area contributed by atoms with Crippen LogP contribution in [-0.2, 0) is 0 Å². The van der Waals surface area contributed by atoms with Crippen molar-refractivity contribution in [3.05, 3.63) is 138 Å². The Balaban J connectivity index is 1.40. The van der Waals surface area contributed by atoms with Crippen molar-refractivity contribution in [2.45, 2.75) is 12.5 Å². The summed E-state index contributed by atoms with van der Waals surface area (Å²) in [5, 5.41) is 6.10. The second-order valence-electron chi connectivity index (χ2n) is 8.26. The number of rotatable bonds is 6. The minimum absolute atomic E-state index is 0.274. The van der Waals surface area contributed by atoms with Crippen molar-refractivity contribution in [3.8, 4) is 5.75 Å². The molecular weight excluding hydrogens is 402 g/mol. The highest BCUT2D eigenvalue weighted by Crippen LogP contribution is 2.29. The molecule has 1 aliphatic carbocycles. The summed E-state index contributed by atoms with van der Waals surface area (Å²) < 4.78 is 5.25. The molecule has 0 aliphatic heterocycles. The van der Waals surface area contributed by atoms with E-state index in [-0.39, 0.29) is 6.04 Å². The molecule has 2 nitrogen and oxygen atoms in total. The average molecular weight is 430 g/mol. The Morgan fingerprint density at radius 3 is 2.30 bits per heavy atom. The standard InChI is InChI=1S/C31H27NO/c1-33-30-19-17-29(18-20-30)32-28-15-11-23(12-16-28)21-31(25-8-3-2-4-9-25)27-14-13-24-7-5-6-10-26(24)22-27/h2-15,17-22,28,32H,16H2,1H3. The molecule has 33 heavy (non-hydrogen) atoms. The van der Waals surface area contributed by atoms with Gasteiger partial charge in [0.1, 0.15) is 5.75 Å².